The van der Waals surface area contributed by atoms with Crippen LogP contribution in [0.15, 0.2) is 28.1 Å². The molecule has 0 aliphatic rings. The maximum Gasteiger partial charge on any atom is 0.159 e. The Hall–Kier alpha value is -1.69. The minimum atomic E-state index is -0.876. The number of hydrogen-bond acceptors (Lipinski definition) is 4. The highest BCUT2D eigenvalue weighted by molar-refractivity contribution is 7.99. The lowest BCUT2D eigenvalue weighted by Crippen LogP contribution is -2.05. The summed E-state index contributed by atoms with van der Waals surface area (Å²) >= 11 is 1.25. The number of benzene rings is 1. The summed E-state index contributed by atoms with van der Waals surface area (Å²) < 4.78 is 26.1. The predicted octanol–water partition coefficient (Wildman–Crippen LogP) is 3.92. The molecule has 106 valence electrons. The van der Waals surface area contributed by atoms with Crippen LogP contribution >= 0.6 is 11.8 Å². The third-order valence-corrected chi connectivity index (χ3v) is 3.86. The van der Waals surface area contributed by atoms with Crippen molar-refractivity contribution in [1.82, 2.24) is 9.97 Å². The number of rotatable bonds is 3. The molecule has 3 nitrogen and oxygen atoms in total. The van der Waals surface area contributed by atoms with Crippen LogP contribution in [0.25, 0.3) is 0 Å². The van der Waals surface area contributed by atoms with Gasteiger partial charge in [0.15, 0.2) is 11.6 Å². The fourth-order valence-corrected chi connectivity index (χ4v) is 2.46. The molecule has 1 heterocycles. The van der Waals surface area contributed by atoms with Crippen molar-refractivity contribution in [3.63, 3.8) is 0 Å². The number of nitrogens with two attached hydrogens (primary N) is 1. The average Bonchev–Trinajstić information content (AvgIpc) is 2.38. The second kappa shape index (κ2) is 5.75. The lowest BCUT2D eigenvalue weighted by molar-refractivity contribution is 0.506. The topological polar surface area (TPSA) is 51.8 Å². The molecule has 1 aromatic heterocycles. The van der Waals surface area contributed by atoms with Gasteiger partial charge < -0.3 is 5.73 Å². The number of aromatic nitrogens is 2. The molecular formula is C14H15F2N3S. The van der Waals surface area contributed by atoms with E-state index in [-0.39, 0.29) is 5.92 Å². The highest BCUT2D eigenvalue weighted by Crippen LogP contribution is 2.32. The monoisotopic (exact) mass is 295 g/mol. The smallest absolute Gasteiger partial charge is 0.159 e. The van der Waals surface area contributed by atoms with Gasteiger partial charge in [-0.3, -0.25) is 0 Å². The molecule has 2 N–H and O–H groups in total. The quantitative estimate of drug-likeness (QED) is 0.872. The van der Waals surface area contributed by atoms with Crippen molar-refractivity contribution in [2.45, 2.75) is 36.6 Å². The molecule has 0 fully saturated rings. The van der Waals surface area contributed by atoms with Crippen molar-refractivity contribution in [2.75, 3.05) is 5.73 Å². The second-order valence-electron chi connectivity index (χ2n) is 4.73. The van der Waals surface area contributed by atoms with Crippen LogP contribution in [-0.4, -0.2) is 9.97 Å². The van der Waals surface area contributed by atoms with E-state index in [0.717, 1.165) is 17.7 Å². The summed E-state index contributed by atoms with van der Waals surface area (Å²) in [4.78, 5) is 9.23. The first-order valence-electron chi connectivity index (χ1n) is 6.15. The molecule has 2 aromatic rings. The summed E-state index contributed by atoms with van der Waals surface area (Å²) in [6.45, 7) is 5.74. The lowest BCUT2D eigenvalue weighted by Gasteiger charge is -2.11. The Labute approximate surface area is 120 Å². The number of anilines is 1. The van der Waals surface area contributed by atoms with Crippen LogP contribution in [0, 0.1) is 18.6 Å². The van der Waals surface area contributed by atoms with Gasteiger partial charge in [-0.25, -0.2) is 18.7 Å². The van der Waals surface area contributed by atoms with Crippen molar-refractivity contribution >= 4 is 17.6 Å². The van der Waals surface area contributed by atoms with Gasteiger partial charge in [0.05, 0.1) is 0 Å². The van der Waals surface area contributed by atoms with Crippen molar-refractivity contribution < 1.29 is 8.78 Å². The number of nitrogens with zero attached hydrogens (tertiary/aromatic N) is 2. The molecule has 0 aliphatic carbocycles. The van der Waals surface area contributed by atoms with Gasteiger partial charge in [-0.1, -0.05) is 25.6 Å². The van der Waals surface area contributed by atoms with Crippen LogP contribution < -0.4 is 5.73 Å². The number of nitrogen functional groups attached to an aromatic ring is 1. The molecule has 0 bridgehead atoms. The molecule has 0 saturated heterocycles. The fourth-order valence-electron chi connectivity index (χ4n) is 1.54. The largest absolute Gasteiger partial charge is 0.383 e. The van der Waals surface area contributed by atoms with Crippen LogP contribution in [-0.2, 0) is 0 Å². The minimum Gasteiger partial charge on any atom is -0.383 e. The van der Waals surface area contributed by atoms with Crippen LogP contribution in [0.5, 0.6) is 0 Å². The van der Waals surface area contributed by atoms with Crippen molar-refractivity contribution in [3.05, 3.63) is 41.2 Å². The Morgan fingerprint density at radius 2 is 1.85 bits per heavy atom. The highest BCUT2D eigenvalue weighted by Gasteiger charge is 2.13. The predicted molar refractivity (Wildman–Crippen MR) is 75.8 cm³/mol. The van der Waals surface area contributed by atoms with Crippen molar-refractivity contribution in [2.24, 2.45) is 0 Å². The fraction of sp³-hybridized carbons (Fsp3) is 0.286. The van der Waals surface area contributed by atoms with Gasteiger partial charge in [0.2, 0.25) is 0 Å². The zero-order valence-electron chi connectivity index (χ0n) is 11.4. The van der Waals surface area contributed by atoms with E-state index in [1.165, 1.54) is 17.8 Å². The SMILES string of the molecule is Cc1c(N)nc(C(C)C)nc1Sc1ccc(F)c(F)c1. The van der Waals surface area contributed by atoms with Crippen molar-refractivity contribution in [3.8, 4) is 0 Å². The van der Waals surface area contributed by atoms with E-state index < -0.39 is 11.6 Å². The molecule has 0 spiro atoms. The van der Waals surface area contributed by atoms with Gasteiger partial charge in [-0.2, -0.15) is 0 Å². The maximum absolute atomic E-state index is 13.2. The molecule has 0 unspecified atom stereocenters. The molecule has 0 saturated carbocycles. The first kappa shape index (κ1) is 14.7. The summed E-state index contributed by atoms with van der Waals surface area (Å²) in [6.07, 6.45) is 0. The van der Waals surface area contributed by atoms with Gasteiger partial charge in [0, 0.05) is 16.4 Å². The van der Waals surface area contributed by atoms with Gasteiger partial charge in [-0.05, 0) is 25.1 Å². The molecule has 0 aliphatic heterocycles. The van der Waals surface area contributed by atoms with Crippen molar-refractivity contribution in [1.29, 1.82) is 0 Å². The first-order chi connectivity index (χ1) is 9.38. The molecular weight excluding hydrogens is 280 g/mol. The van der Waals surface area contributed by atoms with E-state index in [2.05, 4.69) is 9.97 Å². The van der Waals surface area contributed by atoms with E-state index in [0.29, 0.717) is 21.6 Å². The van der Waals surface area contributed by atoms with Gasteiger partial charge in [-0.15, -0.1) is 0 Å². The van der Waals surface area contributed by atoms with Crippen LogP contribution in [0.2, 0.25) is 0 Å². The molecule has 1 aromatic carbocycles. The summed E-state index contributed by atoms with van der Waals surface area (Å²) in [5.74, 6) is -0.552. The Bertz CT molecular complexity index is 645. The molecule has 0 radical (unpaired) electrons. The van der Waals surface area contributed by atoms with E-state index in [4.69, 9.17) is 5.73 Å². The summed E-state index contributed by atoms with van der Waals surface area (Å²) in [5, 5.41) is 0.659. The minimum absolute atomic E-state index is 0.141. The van der Waals surface area contributed by atoms with Gasteiger partial charge in [0.25, 0.3) is 0 Å². The third kappa shape index (κ3) is 3.07. The zero-order chi connectivity index (χ0) is 14.9. The Morgan fingerprint density at radius 3 is 2.45 bits per heavy atom. The van der Waals surface area contributed by atoms with Gasteiger partial charge in [0.1, 0.15) is 16.7 Å². The van der Waals surface area contributed by atoms with Crippen LogP contribution in [0.1, 0.15) is 31.2 Å². The van der Waals surface area contributed by atoms with E-state index in [9.17, 15) is 8.78 Å². The Kier molecular flexibility index (Phi) is 4.23. The highest BCUT2D eigenvalue weighted by atomic mass is 32.2. The Balaban J connectivity index is 2.39. The first-order valence-corrected chi connectivity index (χ1v) is 6.97. The number of halogens is 2. The van der Waals surface area contributed by atoms with Crippen LogP contribution in [0.4, 0.5) is 14.6 Å². The maximum atomic E-state index is 13.2. The van der Waals surface area contributed by atoms with Crippen LogP contribution in [0.3, 0.4) is 0 Å². The molecule has 2 rings (SSSR count). The van der Waals surface area contributed by atoms with Gasteiger partial charge >= 0.3 is 0 Å². The summed E-state index contributed by atoms with van der Waals surface area (Å²) in [7, 11) is 0. The van der Waals surface area contributed by atoms with E-state index in [1.807, 2.05) is 20.8 Å². The number of hydrogen-bond donors (Lipinski definition) is 1. The molecule has 0 amide bonds. The van der Waals surface area contributed by atoms with E-state index >= 15 is 0 Å². The second-order valence-corrected chi connectivity index (χ2v) is 5.79. The molecule has 20 heavy (non-hydrogen) atoms. The standard InChI is InChI=1S/C14H15F2N3S/c1-7(2)13-18-12(17)8(3)14(19-13)20-9-4-5-10(15)11(16)6-9/h4-7H,1-3H3,(H2,17,18,19). The molecule has 0 atom stereocenters. The summed E-state index contributed by atoms with van der Waals surface area (Å²) in [6, 6.07) is 3.75. The van der Waals surface area contributed by atoms with E-state index in [1.54, 1.807) is 0 Å². The molecule has 6 heteroatoms. The lowest BCUT2D eigenvalue weighted by atomic mass is 10.2. The average molecular weight is 295 g/mol. The normalized spacial score (nSPS) is 11.1. The third-order valence-electron chi connectivity index (χ3n) is 2.78. The summed E-state index contributed by atoms with van der Waals surface area (Å²) in [5.41, 5.74) is 6.61. The Morgan fingerprint density at radius 1 is 1.15 bits per heavy atom. The zero-order valence-corrected chi connectivity index (χ0v) is 12.3.